The van der Waals surface area contributed by atoms with Gasteiger partial charge < -0.3 is 53.7 Å². The van der Waals surface area contributed by atoms with E-state index in [9.17, 15) is 58.5 Å². The summed E-state index contributed by atoms with van der Waals surface area (Å²) in [5.41, 5.74) is 6.54. The van der Waals surface area contributed by atoms with E-state index >= 15 is 0 Å². The van der Waals surface area contributed by atoms with Gasteiger partial charge in [-0.3, -0.25) is 19.2 Å². The number of carboxylic acid groups (broad SMARTS) is 3. The zero-order chi connectivity index (χ0) is 85.1. The quantitative estimate of drug-likeness (QED) is 0.0255. The Bertz CT molecular complexity index is 4140. The Morgan fingerprint density at radius 1 is 0.391 bits per heavy atom. The summed E-state index contributed by atoms with van der Waals surface area (Å²) >= 11 is 4.90. The highest BCUT2D eigenvalue weighted by molar-refractivity contribution is 7.99. The fourth-order valence-electron chi connectivity index (χ4n) is 14.8. The van der Waals surface area contributed by atoms with E-state index in [0.29, 0.717) is 98.3 Å². The van der Waals surface area contributed by atoms with Crippen LogP contribution in [0.5, 0.6) is 17.2 Å². The lowest BCUT2D eigenvalue weighted by Crippen LogP contribution is -2.38. The summed E-state index contributed by atoms with van der Waals surface area (Å²) < 4.78 is 28.6. The van der Waals surface area contributed by atoms with Crippen molar-refractivity contribution < 1.29 is 82.2 Å². The van der Waals surface area contributed by atoms with E-state index in [1.165, 1.54) is 41.5 Å². The number of carbonyl (C=O) groups is 9. The topological polar surface area (TPSA) is 270 Å². The van der Waals surface area contributed by atoms with Gasteiger partial charge in [-0.15, -0.1) is 35.3 Å². The minimum atomic E-state index is -1.34. The van der Waals surface area contributed by atoms with Crippen LogP contribution in [-0.4, -0.2) is 171 Å². The number of hydrogen-bond donors (Lipinski definition) is 3. The van der Waals surface area contributed by atoms with Gasteiger partial charge in [-0.05, 0) is 269 Å². The molecule has 20 nitrogen and oxygen atoms in total. The molecular weight excluding hydrogens is 1520 g/mol. The van der Waals surface area contributed by atoms with Crippen molar-refractivity contribution >= 4 is 88.6 Å². The van der Waals surface area contributed by atoms with E-state index in [2.05, 4.69) is 27.7 Å². The fourth-order valence-corrected chi connectivity index (χ4v) is 16.0. The van der Waals surface area contributed by atoms with Crippen molar-refractivity contribution in [1.29, 1.82) is 0 Å². The smallest absolute Gasteiger partial charge is 0.409 e. The zero-order valence-corrected chi connectivity index (χ0v) is 73.4. The number of thioether (sulfide) groups is 3. The summed E-state index contributed by atoms with van der Waals surface area (Å²) in [7, 11) is 0. The highest BCUT2D eigenvalue weighted by Crippen LogP contribution is 2.39. The normalized spacial score (nSPS) is 17.5. The SMILES string of the molecule is CSc1ccc(C(=O)[C@@H]2CN(C(=O)OCCC(C)C)C[C@H]2CCc2cc(C)c(OC(C)(C)C(=O)O)c(C)c2)cc1.CSc1ccc(C(=O)[C@@H]2CN(C(C)=O)C[C@H]2CCc2cc(C)c(OC(C)(C)C(=O)O)c(C)c2)cc1.CSc1ccc(C(=O)[C@H]2CN(C(=O)OCCC(C)C)C[C@@H]2CCc2cc(C)c(OC(C)(C)C(=O)O)c(C)c2)cc1. The van der Waals surface area contributed by atoms with Gasteiger partial charge in [-0.25, -0.2) is 24.0 Å². The molecule has 3 fully saturated rings. The number of Topliss-reactive ketones (excluding diaryl/α,β-unsaturated/α-hetero) is 3. The first-order valence-corrected chi connectivity index (χ1v) is 43.5. The van der Waals surface area contributed by atoms with Crippen LogP contribution in [0.15, 0.2) is 124 Å². The molecule has 3 saturated heterocycles. The van der Waals surface area contributed by atoms with E-state index < -0.39 is 34.7 Å². The standard InChI is InChI=1S/2C32H43NO6S.C28H35NO5S/c2*1-20(2)14-15-38-31(37)33-18-25(27(19-33)28(34)24-10-12-26(40-7)13-11-24)9-8-23-16-21(3)29(22(4)17-23)39-32(5,6)30(35)36;1-17-13-20(14-18(2)26(17)34-28(4,5)27(32)33)7-8-22-15-29(19(3)30)16-24(22)25(31)21-9-11-23(35-6)12-10-21/h2*10-13,16-17,20,25,27H,8-9,14-15,18-19H2,1-7H3,(H,35,36);9-14,22,24H,7-8,15-16H2,1-6H3,(H,32,33)/t2*25-,27-;22-,24-/m101/s1. The molecule has 3 amide bonds. The van der Waals surface area contributed by atoms with Crippen LogP contribution in [0.2, 0.25) is 0 Å². The molecule has 3 aliphatic heterocycles. The number of benzene rings is 6. The summed E-state index contributed by atoms with van der Waals surface area (Å²) in [6, 6.07) is 35.1. The van der Waals surface area contributed by atoms with Gasteiger partial charge in [0, 0.05) is 95.3 Å². The number of aliphatic carboxylic acids is 3. The number of carboxylic acids is 3. The number of likely N-dealkylation sites (tertiary alicyclic amines) is 3. The third kappa shape index (κ3) is 26.1. The molecule has 6 atom stereocenters. The molecule has 3 N–H and O–H groups in total. The Kier molecular flexibility index (Phi) is 34.0. The number of hydrogen-bond acceptors (Lipinski definition) is 17. The molecule has 6 aromatic rings. The lowest BCUT2D eigenvalue weighted by molar-refractivity contribution is -0.152. The van der Waals surface area contributed by atoms with E-state index in [4.69, 9.17) is 23.7 Å². The highest BCUT2D eigenvalue weighted by Gasteiger charge is 2.44. The number of ether oxygens (including phenoxy) is 5. The second kappa shape index (κ2) is 41.9. The molecular formula is C92H121N3O17S3. The average Bonchev–Trinajstić information content (AvgIpc) is 1.79. The van der Waals surface area contributed by atoms with Crippen LogP contribution in [0.3, 0.4) is 0 Å². The predicted molar refractivity (Wildman–Crippen MR) is 455 cm³/mol. The van der Waals surface area contributed by atoms with E-state index in [-0.39, 0.29) is 71.0 Å². The summed E-state index contributed by atoms with van der Waals surface area (Å²) in [6.45, 7) is 34.1. The molecule has 3 heterocycles. The van der Waals surface area contributed by atoms with Crippen molar-refractivity contribution in [2.45, 2.75) is 201 Å². The molecule has 0 bridgehead atoms. The van der Waals surface area contributed by atoms with Crippen molar-refractivity contribution in [1.82, 2.24) is 14.7 Å². The largest absolute Gasteiger partial charge is 0.478 e. The van der Waals surface area contributed by atoms with Crippen molar-refractivity contribution in [3.05, 3.63) is 176 Å². The van der Waals surface area contributed by atoms with Crippen LogP contribution < -0.4 is 14.2 Å². The van der Waals surface area contributed by atoms with Crippen molar-refractivity contribution in [3.63, 3.8) is 0 Å². The van der Waals surface area contributed by atoms with Crippen molar-refractivity contribution in [2.75, 3.05) is 71.2 Å². The number of aryl methyl sites for hydroxylation is 9. The van der Waals surface area contributed by atoms with Crippen molar-refractivity contribution in [2.24, 2.45) is 47.3 Å². The van der Waals surface area contributed by atoms with Crippen LogP contribution in [0, 0.1) is 88.9 Å². The van der Waals surface area contributed by atoms with Gasteiger partial charge >= 0.3 is 30.1 Å². The lowest BCUT2D eigenvalue weighted by Gasteiger charge is -2.25. The summed E-state index contributed by atoms with van der Waals surface area (Å²) in [4.78, 5) is 121. The Hall–Kier alpha value is -8.80. The van der Waals surface area contributed by atoms with Gasteiger partial charge in [0.2, 0.25) is 5.91 Å². The molecule has 23 heteroatoms. The minimum absolute atomic E-state index is 0.00253. The number of ketones is 3. The number of rotatable bonds is 33. The number of nitrogens with zero attached hydrogens (tertiary/aromatic N) is 3. The lowest BCUT2D eigenvalue weighted by atomic mass is 9.84. The molecule has 6 aromatic carbocycles. The van der Waals surface area contributed by atoms with Crippen LogP contribution in [0.4, 0.5) is 9.59 Å². The van der Waals surface area contributed by atoms with Gasteiger partial charge in [0.25, 0.3) is 0 Å². The molecule has 115 heavy (non-hydrogen) atoms. The second-order valence-corrected chi connectivity index (χ2v) is 35.9. The first kappa shape index (κ1) is 93.4. The molecule has 624 valence electrons. The maximum absolute atomic E-state index is 13.6. The third-order valence-corrected chi connectivity index (χ3v) is 24.1. The summed E-state index contributed by atoms with van der Waals surface area (Å²) in [6.07, 6.45) is 11.3. The van der Waals surface area contributed by atoms with Crippen molar-refractivity contribution in [3.8, 4) is 17.2 Å². The molecule has 9 rings (SSSR count). The van der Waals surface area contributed by atoms with E-state index in [1.54, 1.807) is 56.9 Å². The zero-order valence-electron chi connectivity index (χ0n) is 70.9. The first-order chi connectivity index (χ1) is 54.1. The maximum Gasteiger partial charge on any atom is 0.409 e. The van der Waals surface area contributed by atoms with E-state index in [0.717, 1.165) is 116 Å². The molecule has 0 spiro atoms. The maximum atomic E-state index is 13.6. The predicted octanol–water partition coefficient (Wildman–Crippen LogP) is 18.8. The van der Waals surface area contributed by atoms with Crippen LogP contribution in [-0.2, 0) is 47.9 Å². The van der Waals surface area contributed by atoms with Gasteiger partial charge in [0.1, 0.15) is 17.2 Å². The van der Waals surface area contributed by atoms with E-state index in [1.807, 2.05) is 170 Å². The highest BCUT2D eigenvalue weighted by atomic mass is 32.2. The first-order valence-electron chi connectivity index (χ1n) is 39.8. The molecule has 0 unspecified atom stereocenters. The average molecular weight is 1640 g/mol. The third-order valence-electron chi connectivity index (χ3n) is 21.8. The fraction of sp³-hybridized carbons (Fsp3) is 0.511. The van der Waals surface area contributed by atoms with Crippen LogP contribution >= 0.6 is 35.3 Å². The second-order valence-electron chi connectivity index (χ2n) is 33.3. The van der Waals surface area contributed by atoms with Gasteiger partial charge in [0.05, 0.1) is 13.2 Å². The van der Waals surface area contributed by atoms with Crippen LogP contribution in [0.25, 0.3) is 0 Å². The Labute approximate surface area is 693 Å². The molecule has 0 aromatic heterocycles. The Morgan fingerprint density at radius 2 is 0.626 bits per heavy atom. The van der Waals surface area contributed by atoms with Gasteiger partial charge in [-0.2, -0.15) is 0 Å². The molecule has 3 aliphatic rings. The summed E-state index contributed by atoms with van der Waals surface area (Å²) in [5.74, 6) is -1.00. The Balaban J connectivity index is 0.000000239. The van der Waals surface area contributed by atoms with Gasteiger partial charge in [0.15, 0.2) is 34.2 Å². The number of carbonyl (C=O) groups excluding carboxylic acids is 6. The molecule has 0 aliphatic carbocycles. The summed E-state index contributed by atoms with van der Waals surface area (Å²) in [5, 5.41) is 28.3. The monoisotopic (exact) mass is 1640 g/mol. The Morgan fingerprint density at radius 3 is 0.843 bits per heavy atom. The molecule has 0 radical (unpaired) electrons. The number of amides is 3. The molecule has 0 saturated carbocycles. The van der Waals surface area contributed by atoms with Crippen LogP contribution in [0.1, 0.15) is 189 Å². The minimum Gasteiger partial charge on any atom is -0.478 e. The van der Waals surface area contributed by atoms with Gasteiger partial charge in [-0.1, -0.05) is 100 Å².